The van der Waals surface area contributed by atoms with Gasteiger partial charge < -0.3 is 9.84 Å². The topological polar surface area (TPSA) is 88.3 Å². The maximum Gasteiger partial charge on any atom is 0.325 e. The van der Waals surface area contributed by atoms with Crippen LogP contribution in [0.1, 0.15) is 41.8 Å². The van der Waals surface area contributed by atoms with Crippen LogP contribution in [0.15, 0.2) is 22.7 Å². The number of nitrogens with one attached hydrogen (secondary N) is 1. The van der Waals surface area contributed by atoms with Gasteiger partial charge in [0.2, 0.25) is 5.89 Å². The highest BCUT2D eigenvalue weighted by atomic mass is 16.5. The van der Waals surface area contributed by atoms with E-state index in [-0.39, 0.29) is 18.3 Å². The largest absolute Gasteiger partial charge is 0.337 e. The summed E-state index contributed by atoms with van der Waals surface area (Å²) in [6.45, 7) is 3.41. The molecule has 3 amide bonds. The predicted molar refractivity (Wildman–Crippen MR) is 83.9 cm³/mol. The van der Waals surface area contributed by atoms with Crippen molar-refractivity contribution in [3.05, 3.63) is 46.6 Å². The van der Waals surface area contributed by atoms with Crippen molar-refractivity contribution in [2.75, 3.05) is 0 Å². The molecule has 1 aliphatic heterocycles. The van der Waals surface area contributed by atoms with Crippen molar-refractivity contribution >= 4 is 11.9 Å². The van der Waals surface area contributed by atoms with E-state index in [1.807, 2.05) is 12.1 Å². The van der Waals surface area contributed by atoms with Crippen molar-refractivity contribution in [1.29, 1.82) is 0 Å². The Morgan fingerprint density at radius 3 is 2.83 bits per heavy atom. The second-order valence-electron chi connectivity index (χ2n) is 6.52. The molecule has 2 aromatic rings. The first-order valence-corrected chi connectivity index (χ1v) is 8.03. The van der Waals surface area contributed by atoms with E-state index in [1.165, 1.54) is 11.1 Å². The number of benzene rings is 1. The third-order valence-electron chi connectivity index (χ3n) is 4.81. The van der Waals surface area contributed by atoms with Gasteiger partial charge in [0.25, 0.3) is 5.91 Å². The molecule has 24 heavy (non-hydrogen) atoms. The Morgan fingerprint density at radius 2 is 2.08 bits per heavy atom. The van der Waals surface area contributed by atoms with E-state index in [0.29, 0.717) is 5.82 Å². The van der Waals surface area contributed by atoms with Crippen LogP contribution in [-0.2, 0) is 29.7 Å². The number of rotatable bonds is 3. The summed E-state index contributed by atoms with van der Waals surface area (Å²) in [6, 6.07) is 5.59. The quantitative estimate of drug-likeness (QED) is 0.869. The van der Waals surface area contributed by atoms with Crippen LogP contribution in [0, 0.1) is 6.92 Å². The molecule has 0 unspecified atom stereocenters. The first-order valence-electron chi connectivity index (χ1n) is 8.03. The molecule has 0 bridgehead atoms. The Hall–Kier alpha value is -2.70. The van der Waals surface area contributed by atoms with Gasteiger partial charge in [-0.25, -0.2) is 4.79 Å². The Balaban J connectivity index is 1.64. The van der Waals surface area contributed by atoms with Gasteiger partial charge in [-0.3, -0.25) is 9.69 Å². The van der Waals surface area contributed by atoms with Crippen LogP contribution in [0.25, 0.3) is 0 Å². The highest BCUT2D eigenvalue weighted by molar-refractivity contribution is 6.07. The fourth-order valence-electron chi connectivity index (χ4n) is 3.46. The molecule has 2 heterocycles. The van der Waals surface area contributed by atoms with Crippen LogP contribution >= 0.6 is 0 Å². The minimum atomic E-state index is -1.07. The lowest BCUT2D eigenvalue weighted by molar-refractivity contribution is -0.131. The van der Waals surface area contributed by atoms with E-state index in [2.05, 4.69) is 21.5 Å². The number of imide groups is 1. The summed E-state index contributed by atoms with van der Waals surface area (Å²) in [6.07, 6.45) is 3.24. The van der Waals surface area contributed by atoms with E-state index < -0.39 is 11.6 Å². The van der Waals surface area contributed by atoms with Gasteiger partial charge in [-0.05, 0) is 49.8 Å². The molecule has 1 N–H and O–H groups in total. The molecular formula is C17H18N4O3. The van der Waals surface area contributed by atoms with Crippen molar-refractivity contribution in [1.82, 2.24) is 20.4 Å². The molecule has 0 spiro atoms. The second kappa shape index (κ2) is 5.15. The lowest BCUT2D eigenvalue weighted by Gasteiger charge is -2.22. The lowest BCUT2D eigenvalue weighted by atomic mass is 9.90. The zero-order valence-corrected chi connectivity index (χ0v) is 13.6. The maximum absolute atomic E-state index is 12.9. The number of amides is 3. The van der Waals surface area contributed by atoms with Gasteiger partial charge in [0.15, 0.2) is 5.82 Å². The van der Waals surface area contributed by atoms with E-state index in [0.717, 1.165) is 29.7 Å². The summed E-state index contributed by atoms with van der Waals surface area (Å²) in [5, 5.41) is 6.50. The standard InChI is InChI=1S/C17H18N4O3/c1-10-18-14(24-20-10)9-21-15(22)17(2,19-16(21)23)13-7-6-11-4-3-5-12(11)8-13/h6-8H,3-5,9H2,1-2H3,(H,19,23)/t17-/m1/s1. The SMILES string of the molecule is Cc1noc(CN2C(=O)N[C@](C)(c3ccc4c(c3)CCC4)C2=O)n1. The fourth-order valence-corrected chi connectivity index (χ4v) is 3.46. The van der Waals surface area contributed by atoms with Gasteiger partial charge in [0, 0.05) is 0 Å². The zero-order valence-electron chi connectivity index (χ0n) is 13.6. The van der Waals surface area contributed by atoms with Crippen LogP contribution in [0.4, 0.5) is 4.79 Å². The lowest BCUT2D eigenvalue weighted by Crippen LogP contribution is -2.41. The molecule has 7 heteroatoms. The monoisotopic (exact) mass is 326 g/mol. The Morgan fingerprint density at radius 1 is 1.29 bits per heavy atom. The molecule has 1 aliphatic carbocycles. The summed E-state index contributed by atoms with van der Waals surface area (Å²) < 4.78 is 5.02. The van der Waals surface area contributed by atoms with Crippen LogP contribution < -0.4 is 5.32 Å². The van der Waals surface area contributed by atoms with Crippen LogP contribution in [-0.4, -0.2) is 27.0 Å². The van der Waals surface area contributed by atoms with Crippen molar-refractivity contribution < 1.29 is 14.1 Å². The Kier molecular flexibility index (Phi) is 3.19. The third kappa shape index (κ3) is 2.19. The molecule has 4 rings (SSSR count). The van der Waals surface area contributed by atoms with Crippen molar-refractivity contribution in [3.63, 3.8) is 0 Å². The average Bonchev–Trinajstić information content (AvgIpc) is 3.23. The minimum Gasteiger partial charge on any atom is -0.337 e. The number of hydrogen-bond donors (Lipinski definition) is 1. The number of aryl methyl sites for hydroxylation is 3. The molecule has 0 radical (unpaired) electrons. The van der Waals surface area contributed by atoms with E-state index in [9.17, 15) is 9.59 Å². The smallest absolute Gasteiger partial charge is 0.325 e. The summed E-state index contributed by atoms with van der Waals surface area (Å²) >= 11 is 0. The molecule has 0 saturated carbocycles. The Labute approximate surface area is 139 Å². The van der Waals surface area contributed by atoms with Crippen LogP contribution in [0.2, 0.25) is 0 Å². The number of urea groups is 1. The van der Waals surface area contributed by atoms with Crippen molar-refractivity contribution in [3.8, 4) is 0 Å². The number of nitrogens with zero attached hydrogens (tertiary/aromatic N) is 3. The van der Waals surface area contributed by atoms with Crippen molar-refractivity contribution in [2.45, 2.75) is 45.2 Å². The summed E-state index contributed by atoms with van der Waals surface area (Å²) in [4.78, 5) is 30.4. The summed E-state index contributed by atoms with van der Waals surface area (Å²) in [5.74, 6) is 0.411. The summed E-state index contributed by atoms with van der Waals surface area (Å²) in [7, 11) is 0. The number of carbonyl (C=O) groups excluding carboxylic acids is 2. The molecule has 2 aliphatic rings. The van der Waals surface area contributed by atoms with Gasteiger partial charge in [-0.2, -0.15) is 4.98 Å². The van der Waals surface area contributed by atoms with Gasteiger partial charge >= 0.3 is 6.03 Å². The summed E-state index contributed by atoms with van der Waals surface area (Å²) in [5.41, 5.74) is 2.34. The molecule has 7 nitrogen and oxygen atoms in total. The van der Waals surface area contributed by atoms with Gasteiger partial charge in [0.1, 0.15) is 12.1 Å². The molecular weight excluding hydrogens is 308 g/mol. The highest BCUT2D eigenvalue weighted by Crippen LogP contribution is 2.33. The van der Waals surface area contributed by atoms with Crippen LogP contribution in [0.5, 0.6) is 0 Å². The van der Waals surface area contributed by atoms with Crippen LogP contribution in [0.3, 0.4) is 0 Å². The minimum absolute atomic E-state index is 0.0218. The molecule has 1 saturated heterocycles. The van der Waals surface area contributed by atoms with Gasteiger partial charge in [-0.1, -0.05) is 23.4 Å². The molecule has 1 atom stereocenters. The average molecular weight is 326 g/mol. The number of hydrogen-bond acceptors (Lipinski definition) is 5. The number of fused-ring (bicyclic) bond motifs is 1. The van der Waals surface area contributed by atoms with E-state index in [4.69, 9.17) is 4.52 Å². The van der Waals surface area contributed by atoms with E-state index >= 15 is 0 Å². The van der Waals surface area contributed by atoms with Gasteiger partial charge in [0.05, 0.1) is 0 Å². The second-order valence-corrected chi connectivity index (χ2v) is 6.52. The Bertz CT molecular complexity index is 844. The molecule has 1 aromatic heterocycles. The highest BCUT2D eigenvalue weighted by Gasteiger charge is 2.49. The molecule has 1 fully saturated rings. The van der Waals surface area contributed by atoms with E-state index in [1.54, 1.807) is 13.8 Å². The zero-order chi connectivity index (χ0) is 16.9. The first kappa shape index (κ1) is 14.9. The number of aromatic nitrogens is 2. The first-order chi connectivity index (χ1) is 11.5. The third-order valence-corrected chi connectivity index (χ3v) is 4.81. The van der Waals surface area contributed by atoms with Gasteiger partial charge in [-0.15, -0.1) is 0 Å². The fraction of sp³-hybridized carbons (Fsp3) is 0.412. The normalized spacial score (nSPS) is 22.8. The molecule has 1 aromatic carbocycles. The number of carbonyl (C=O) groups is 2. The van der Waals surface area contributed by atoms with Crippen molar-refractivity contribution in [2.24, 2.45) is 0 Å². The maximum atomic E-state index is 12.9. The molecule has 124 valence electrons. The predicted octanol–water partition coefficient (Wildman–Crippen LogP) is 1.83.